The van der Waals surface area contributed by atoms with Crippen molar-refractivity contribution < 1.29 is 38.3 Å². The van der Waals surface area contributed by atoms with E-state index in [0.29, 0.717) is 17.9 Å². The van der Waals surface area contributed by atoms with Gasteiger partial charge < -0.3 is 14.3 Å². The number of fused-ring (bicyclic) bond motifs is 1. The standard InChI is InChI=1S/C40H63NO8/c1-4-6-8-10-12-14-16-18-20-22-24-26-28-47-39(45)35-30-33-34(38(44)41(37(33)43)49-32(3)42)31-36(35)40(46)48-29-27-25-23-21-19-17-15-13-11-9-7-5-2/h30-31H,4-29H2,1-3H3. The highest BCUT2D eigenvalue weighted by Gasteiger charge is 2.41. The number of esters is 2. The quantitative estimate of drug-likeness (QED) is 0.0465. The van der Waals surface area contributed by atoms with Crippen LogP contribution in [0.3, 0.4) is 0 Å². The minimum absolute atomic E-state index is 0.138. The van der Waals surface area contributed by atoms with E-state index in [1.165, 1.54) is 115 Å². The molecule has 49 heavy (non-hydrogen) atoms. The van der Waals surface area contributed by atoms with Gasteiger partial charge in [-0.05, 0) is 25.0 Å². The zero-order chi connectivity index (χ0) is 35.7. The summed E-state index contributed by atoms with van der Waals surface area (Å²) in [5.74, 6) is -4.16. The Morgan fingerprint density at radius 2 is 0.776 bits per heavy atom. The van der Waals surface area contributed by atoms with E-state index in [4.69, 9.17) is 14.3 Å². The number of hydrogen-bond acceptors (Lipinski definition) is 8. The molecule has 9 heteroatoms. The van der Waals surface area contributed by atoms with Gasteiger partial charge in [0.05, 0.1) is 35.5 Å². The van der Waals surface area contributed by atoms with Crippen molar-refractivity contribution in [1.82, 2.24) is 5.06 Å². The molecule has 1 aromatic rings. The van der Waals surface area contributed by atoms with Gasteiger partial charge in [-0.25, -0.2) is 14.4 Å². The molecule has 1 aromatic carbocycles. The molecule has 276 valence electrons. The summed E-state index contributed by atoms with van der Waals surface area (Å²) < 4.78 is 11.0. The van der Waals surface area contributed by atoms with Crippen LogP contribution >= 0.6 is 0 Å². The van der Waals surface area contributed by atoms with Crippen molar-refractivity contribution in [3.8, 4) is 0 Å². The van der Waals surface area contributed by atoms with E-state index in [2.05, 4.69) is 13.8 Å². The summed E-state index contributed by atoms with van der Waals surface area (Å²) in [5, 5.41) is 0.343. The zero-order valence-electron chi connectivity index (χ0n) is 30.8. The SMILES string of the molecule is CCCCCCCCCCCCCCOC(=O)c1cc2c(cc1C(=O)OCCCCCCCCCCCCCC)C(=O)N(OC(C)=O)C2=O. The van der Waals surface area contributed by atoms with Gasteiger partial charge >= 0.3 is 17.9 Å². The van der Waals surface area contributed by atoms with E-state index in [9.17, 15) is 24.0 Å². The second-order valence-electron chi connectivity index (χ2n) is 13.5. The second-order valence-corrected chi connectivity index (χ2v) is 13.5. The Balaban J connectivity index is 1.84. The van der Waals surface area contributed by atoms with E-state index < -0.39 is 29.7 Å². The molecule has 0 N–H and O–H groups in total. The van der Waals surface area contributed by atoms with Crippen LogP contribution in [0.25, 0.3) is 0 Å². The molecule has 1 heterocycles. The number of hydrogen-bond donors (Lipinski definition) is 0. The molecule has 0 aliphatic carbocycles. The summed E-state index contributed by atoms with van der Waals surface area (Å²) in [5.41, 5.74) is -0.575. The first kappa shape index (κ1) is 41.9. The Hall–Kier alpha value is -3.23. The summed E-state index contributed by atoms with van der Waals surface area (Å²) in [6, 6.07) is 2.34. The van der Waals surface area contributed by atoms with Gasteiger partial charge in [0.1, 0.15) is 0 Å². The van der Waals surface area contributed by atoms with Gasteiger partial charge in [0, 0.05) is 6.92 Å². The fourth-order valence-corrected chi connectivity index (χ4v) is 6.19. The van der Waals surface area contributed by atoms with Crippen LogP contribution in [0.5, 0.6) is 0 Å². The third-order valence-corrected chi connectivity index (χ3v) is 9.11. The molecule has 1 aliphatic rings. The lowest BCUT2D eigenvalue weighted by Gasteiger charge is -2.11. The maximum absolute atomic E-state index is 13.2. The van der Waals surface area contributed by atoms with Gasteiger partial charge in [0.15, 0.2) is 0 Å². The average molecular weight is 686 g/mol. The molecule has 0 spiro atoms. The van der Waals surface area contributed by atoms with Crippen LogP contribution in [0.15, 0.2) is 12.1 Å². The van der Waals surface area contributed by atoms with Crippen molar-refractivity contribution in [2.24, 2.45) is 0 Å². The fourth-order valence-electron chi connectivity index (χ4n) is 6.19. The molecule has 1 aliphatic heterocycles. The Morgan fingerprint density at radius 1 is 0.490 bits per heavy atom. The minimum Gasteiger partial charge on any atom is -0.462 e. The number of rotatable bonds is 29. The van der Waals surface area contributed by atoms with E-state index in [-0.39, 0.29) is 35.5 Å². The lowest BCUT2D eigenvalue weighted by atomic mass is 9.99. The first-order chi connectivity index (χ1) is 23.8. The summed E-state index contributed by atoms with van der Waals surface area (Å²) in [4.78, 5) is 68.3. The Labute approximate surface area is 295 Å². The number of unbranched alkanes of at least 4 members (excludes halogenated alkanes) is 22. The Bertz CT molecular complexity index is 1080. The summed E-state index contributed by atoms with van der Waals surface area (Å²) in [6.07, 6.45) is 28.3. The van der Waals surface area contributed by atoms with Gasteiger partial charge in [-0.1, -0.05) is 160 Å². The first-order valence-electron chi connectivity index (χ1n) is 19.4. The fraction of sp³-hybridized carbons (Fsp3) is 0.725. The van der Waals surface area contributed by atoms with Crippen molar-refractivity contribution in [2.45, 2.75) is 175 Å². The average Bonchev–Trinajstić information content (AvgIpc) is 3.31. The van der Waals surface area contributed by atoms with Gasteiger partial charge in [-0.2, -0.15) is 0 Å². The van der Waals surface area contributed by atoms with Crippen LogP contribution in [0.4, 0.5) is 0 Å². The van der Waals surface area contributed by atoms with E-state index in [1.54, 1.807) is 0 Å². The number of carbonyl (C=O) groups excluding carboxylic acids is 5. The molecule has 0 radical (unpaired) electrons. The predicted molar refractivity (Wildman–Crippen MR) is 191 cm³/mol. The molecular formula is C40H63NO8. The van der Waals surface area contributed by atoms with E-state index >= 15 is 0 Å². The molecule has 2 rings (SSSR count). The first-order valence-corrected chi connectivity index (χ1v) is 19.4. The number of amides is 2. The van der Waals surface area contributed by atoms with Crippen molar-refractivity contribution in [1.29, 1.82) is 0 Å². The number of hydroxylamine groups is 2. The molecular weight excluding hydrogens is 622 g/mol. The van der Waals surface area contributed by atoms with Crippen LogP contribution in [0.2, 0.25) is 0 Å². The molecule has 0 saturated carbocycles. The summed E-state index contributed by atoms with van der Waals surface area (Å²) in [6.45, 7) is 5.88. The lowest BCUT2D eigenvalue weighted by molar-refractivity contribution is -0.165. The van der Waals surface area contributed by atoms with Crippen LogP contribution in [0, 0.1) is 0 Å². The Kier molecular flexibility index (Phi) is 22.0. The third-order valence-electron chi connectivity index (χ3n) is 9.11. The highest BCUT2D eigenvalue weighted by atomic mass is 16.7. The van der Waals surface area contributed by atoms with Gasteiger partial charge in [-0.3, -0.25) is 9.59 Å². The Morgan fingerprint density at radius 3 is 1.06 bits per heavy atom. The molecule has 0 fully saturated rings. The van der Waals surface area contributed by atoms with Crippen molar-refractivity contribution >= 4 is 29.7 Å². The van der Waals surface area contributed by atoms with Crippen LogP contribution < -0.4 is 0 Å². The smallest absolute Gasteiger partial charge is 0.339 e. The van der Waals surface area contributed by atoms with Gasteiger partial charge in [0.2, 0.25) is 0 Å². The molecule has 9 nitrogen and oxygen atoms in total. The van der Waals surface area contributed by atoms with Crippen molar-refractivity contribution in [3.63, 3.8) is 0 Å². The van der Waals surface area contributed by atoms with Gasteiger partial charge in [0.25, 0.3) is 11.8 Å². The summed E-state index contributed by atoms with van der Waals surface area (Å²) >= 11 is 0. The predicted octanol–water partition coefficient (Wildman–Crippen LogP) is 10.5. The van der Waals surface area contributed by atoms with E-state index in [1.807, 2.05) is 0 Å². The zero-order valence-corrected chi connectivity index (χ0v) is 30.8. The van der Waals surface area contributed by atoms with Crippen molar-refractivity contribution in [2.75, 3.05) is 13.2 Å². The number of ether oxygens (including phenoxy) is 2. The monoisotopic (exact) mass is 685 g/mol. The van der Waals surface area contributed by atoms with Crippen LogP contribution in [-0.4, -0.2) is 48.0 Å². The van der Waals surface area contributed by atoms with Crippen molar-refractivity contribution in [3.05, 3.63) is 34.4 Å². The van der Waals surface area contributed by atoms with Crippen LogP contribution in [0.1, 0.15) is 216 Å². The van der Waals surface area contributed by atoms with Gasteiger partial charge in [-0.15, -0.1) is 0 Å². The number of benzene rings is 1. The minimum atomic E-state index is -0.887. The highest BCUT2D eigenvalue weighted by molar-refractivity contribution is 6.22. The number of nitrogens with zero attached hydrogens (tertiary/aromatic N) is 1. The maximum atomic E-state index is 13.2. The largest absolute Gasteiger partial charge is 0.462 e. The third kappa shape index (κ3) is 16.4. The molecule has 0 aromatic heterocycles. The number of imide groups is 1. The second kappa shape index (κ2) is 25.7. The van der Waals surface area contributed by atoms with E-state index in [0.717, 1.165) is 45.4 Å². The molecule has 0 bridgehead atoms. The summed E-state index contributed by atoms with van der Waals surface area (Å²) in [7, 11) is 0. The highest BCUT2D eigenvalue weighted by Crippen LogP contribution is 2.28. The molecule has 0 atom stereocenters. The molecule has 0 unspecified atom stereocenters. The maximum Gasteiger partial charge on any atom is 0.339 e. The topological polar surface area (TPSA) is 116 Å². The lowest BCUT2D eigenvalue weighted by Crippen LogP contribution is -2.31. The number of carbonyl (C=O) groups is 5. The van der Waals surface area contributed by atoms with Crippen LogP contribution in [-0.2, 0) is 19.1 Å². The normalized spacial score (nSPS) is 12.3. The molecule has 0 saturated heterocycles. The molecule has 2 amide bonds.